The van der Waals surface area contributed by atoms with Gasteiger partial charge >= 0.3 is 0 Å². The summed E-state index contributed by atoms with van der Waals surface area (Å²) >= 11 is 0. The summed E-state index contributed by atoms with van der Waals surface area (Å²) in [5.41, 5.74) is 4.91. The third-order valence-electron chi connectivity index (χ3n) is 6.88. The average molecular weight is 424 g/mol. The molecule has 166 valence electrons. The summed E-state index contributed by atoms with van der Waals surface area (Å²) in [6.45, 7) is 6.55. The molecule has 5 heteroatoms. The monoisotopic (exact) mass is 423 g/mol. The number of rotatable bonds is 7. The molecule has 1 saturated heterocycles. The lowest BCUT2D eigenvalue weighted by atomic mass is 9.86. The maximum atomic E-state index is 13.1. The molecular weight excluding hydrogens is 390 g/mol. The Morgan fingerprint density at radius 3 is 2.77 bits per heavy atom. The first-order valence-electron chi connectivity index (χ1n) is 11.8. The summed E-state index contributed by atoms with van der Waals surface area (Å²) in [4.78, 5) is 13.1. The summed E-state index contributed by atoms with van der Waals surface area (Å²) in [6.07, 6.45) is 6.08. The van der Waals surface area contributed by atoms with Gasteiger partial charge in [-0.25, -0.2) is 0 Å². The van der Waals surface area contributed by atoms with Crippen molar-refractivity contribution >= 4 is 0 Å². The topological polar surface area (TPSA) is 49.7 Å². The predicted molar refractivity (Wildman–Crippen MR) is 121 cm³/mol. The van der Waals surface area contributed by atoms with Crippen LogP contribution in [-0.4, -0.2) is 37.1 Å². The lowest BCUT2D eigenvalue weighted by molar-refractivity contribution is -0.101. The number of hydrogen-bond acceptors (Lipinski definition) is 4. The second-order valence-electron chi connectivity index (χ2n) is 9.65. The lowest BCUT2D eigenvalue weighted by Gasteiger charge is -2.33. The minimum atomic E-state index is -0.0859. The van der Waals surface area contributed by atoms with E-state index in [9.17, 15) is 4.79 Å². The Morgan fingerprint density at radius 2 is 2.03 bits per heavy atom. The molecule has 0 bridgehead atoms. The summed E-state index contributed by atoms with van der Waals surface area (Å²) < 4.78 is 19.1. The fourth-order valence-electron chi connectivity index (χ4n) is 4.86. The molecule has 0 radical (unpaired) electrons. The van der Waals surface area contributed by atoms with Gasteiger partial charge in [0, 0.05) is 23.7 Å². The van der Waals surface area contributed by atoms with E-state index in [0.29, 0.717) is 38.1 Å². The zero-order valence-corrected chi connectivity index (χ0v) is 18.6. The van der Waals surface area contributed by atoms with Crippen molar-refractivity contribution in [2.75, 3.05) is 26.4 Å². The lowest BCUT2D eigenvalue weighted by Crippen LogP contribution is -2.35. The highest BCUT2D eigenvalue weighted by molar-refractivity contribution is 5.68. The molecule has 5 nitrogen and oxygen atoms in total. The van der Waals surface area contributed by atoms with Crippen molar-refractivity contribution in [3.8, 4) is 17.0 Å². The molecule has 1 saturated carbocycles. The zero-order chi connectivity index (χ0) is 21.4. The van der Waals surface area contributed by atoms with Gasteiger partial charge in [0.2, 0.25) is 0 Å². The van der Waals surface area contributed by atoms with Crippen LogP contribution in [0.4, 0.5) is 0 Å². The van der Waals surface area contributed by atoms with Crippen molar-refractivity contribution in [2.45, 2.75) is 58.1 Å². The van der Waals surface area contributed by atoms with E-state index in [1.54, 1.807) is 6.07 Å². The number of aryl methyl sites for hydroxylation is 1. The highest BCUT2D eigenvalue weighted by Gasteiger charge is 2.29. The number of hydrogen-bond donors (Lipinski definition) is 0. The molecule has 1 aliphatic carbocycles. The number of pyridine rings is 1. The molecule has 0 amide bonds. The SMILES string of the molecule is CC(C)C1Cc2cc(CCC3CC3)ccc2-c2cc(OC[C@@H]3COCCO3)cc(=O)n21. The van der Waals surface area contributed by atoms with Crippen LogP contribution in [0.3, 0.4) is 0 Å². The summed E-state index contributed by atoms with van der Waals surface area (Å²) in [5, 5.41) is 0. The molecule has 2 aromatic rings. The highest BCUT2D eigenvalue weighted by Crippen LogP contribution is 2.39. The molecule has 5 rings (SSSR count). The molecule has 3 heterocycles. The minimum Gasteiger partial charge on any atom is -0.491 e. The van der Waals surface area contributed by atoms with Crippen LogP contribution < -0.4 is 10.3 Å². The van der Waals surface area contributed by atoms with Gasteiger partial charge < -0.3 is 18.8 Å². The van der Waals surface area contributed by atoms with Gasteiger partial charge in [0.15, 0.2) is 0 Å². The van der Waals surface area contributed by atoms with Crippen LogP contribution in [0.5, 0.6) is 5.75 Å². The van der Waals surface area contributed by atoms with Gasteiger partial charge in [-0.3, -0.25) is 4.79 Å². The molecule has 3 aliphatic rings. The Labute approximate surface area is 184 Å². The largest absolute Gasteiger partial charge is 0.491 e. The summed E-state index contributed by atoms with van der Waals surface area (Å²) in [5.74, 6) is 1.93. The summed E-state index contributed by atoms with van der Waals surface area (Å²) in [7, 11) is 0. The molecular formula is C26H33NO4. The maximum Gasteiger partial charge on any atom is 0.254 e. The van der Waals surface area contributed by atoms with Crippen LogP contribution >= 0.6 is 0 Å². The van der Waals surface area contributed by atoms with Crippen molar-refractivity contribution < 1.29 is 14.2 Å². The van der Waals surface area contributed by atoms with Crippen molar-refractivity contribution in [3.63, 3.8) is 0 Å². The van der Waals surface area contributed by atoms with Crippen LogP contribution in [0, 0.1) is 11.8 Å². The van der Waals surface area contributed by atoms with E-state index in [0.717, 1.165) is 30.0 Å². The second-order valence-corrected chi connectivity index (χ2v) is 9.65. The molecule has 2 fully saturated rings. The van der Waals surface area contributed by atoms with Gasteiger partial charge in [0.05, 0.1) is 25.5 Å². The zero-order valence-electron chi connectivity index (χ0n) is 18.6. The number of ether oxygens (including phenoxy) is 3. The molecule has 2 aliphatic heterocycles. The molecule has 0 N–H and O–H groups in total. The quantitative estimate of drug-likeness (QED) is 0.662. The smallest absolute Gasteiger partial charge is 0.254 e. The van der Waals surface area contributed by atoms with E-state index in [1.807, 2.05) is 10.6 Å². The Balaban J connectivity index is 1.44. The van der Waals surface area contributed by atoms with Gasteiger partial charge in [-0.05, 0) is 42.2 Å². The van der Waals surface area contributed by atoms with Gasteiger partial charge in [0.1, 0.15) is 18.5 Å². The average Bonchev–Trinajstić information content (AvgIpc) is 3.60. The van der Waals surface area contributed by atoms with Crippen molar-refractivity contribution in [3.05, 3.63) is 51.8 Å². The number of aromatic nitrogens is 1. The van der Waals surface area contributed by atoms with E-state index in [2.05, 4.69) is 32.0 Å². The summed E-state index contributed by atoms with van der Waals surface area (Å²) in [6, 6.07) is 10.6. The first-order valence-corrected chi connectivity index (χ1v) is 11.8. The van der Waals surface area contributed by atoms with Gasteiger partial charge in [-0.1, -0.05) is 44.9 Å². The third-order valence-corrected chi connectivity index (χ3v) is 6.88. The fourth-order valence-corrected chi connectivity index (χ4v) is 4.86. The van der Waals surface area contributed by atoms with E-state index in [-0.39, 0.29) is 17.7 Å². The fraction of sp³-hybridized carbons (Fsp3) is 0.577. The van der Waals surface area contributed by atoms with Crippen LogP contribution in [0.1, 0.15) is 50.3 Å². The van der Waals surface area contributed by atoms with Gasteiger partial charge in [0.25, 0.3) is 5.56 Å². The number of benzene rings is 1. The predicted octanol–water partition coefficient (Wildman–Crippen LogP) is 4.41. The van der Waals surface area contributed by atoms with Gasteiger partial charge in [-0.2, -0.15) is 0 Å². The Bertz CT molecular complexity index is 985. The van der Waals surface area contributed by atoms with Gasteiger partial charge in [-0.15, -0.1) is 0 Å². The Morgan fingerprint density at radius 1 is 1.16 bits per heavy atom. The Kier molecular flexibility index (Phi) is 5.89. The number of nitrogens with zero attached hydrogens (tertiary/aromatic N) is 1. The normalized spacial score (nSPS) is 22.8. The second kappa shape index (κ2) is 8.79. The molecule has 2 atom stereocenters. The van der Waals surface area contributed by atoms with Crippen molar-refractivity contribution in [2.24, 2.45) is 11.8 Å². The van der Waals surface area contributed by atoms with Crippen molar-refractivity contribution in [1.29, 1.82) is 0 Å². The van der Waals surface area contributed by atoms with Crippen LogP contribution in [0.25, 0.3) is 11.3 Å². The van der Waals surface area contributed by atoms with E-state index in [1.165, 1.54) is 30.4 Å². The van der Waals surface area contributed by atoms with Crippen LogP contribution in [-0.2, 0) is 22.3 Å². The highest BCUT2D eigenvalue weighted by atomic mass is 16.6. The Hall–Kier alpha value is -2.11. The van der Waals surface area contributed by atoms with E-state index >= 15 is 0 Å². The molecule has 1 aromatic heterocycles. The standard InChI is InChI=1S/C26H33NO4/c1-17(2)24-12-20-11-19(6-5-18-3-4-18)7-8-23(20)25-13-21(14-26(28)27(24)25)31-16-22-15-29-9-10-30-22/h7-8,11,13-14,17-18,22,24H,3-6,9-10,12,15-16H2,1-2H3/t22-,24?/m0/s1. The number of fused-ring (bicyclic) bond motifs is 3. The molecule has 1 unspecified atom stereocenters. The maximum absolute atomic E-state index is 13.1. The van der Waals surface area contributed by atoms with E-state index < -0.39 is 0 Å². The van der Waals surface area contributed by atoms with Crippen molar-refractivity contribution in [1.82, 2.24) is 4.57 Å². The van der Waals surface area contributed by atoms with E-state index in [4.69, 9.17) is 14.2 Å². The molecule has 31 heavy (non-hydrogen) atoms. The van der Waals surface area contributed by atoms with Crippen LogP contribution in [0.2, 0.25) is 0 Å². The minimum absolute atomic E-state index is 0.00970. The third kappa shape index (κ3) is 4.58. The van der Waals surface area contributed by atoms with Crippen LogP contribution in [0.15, 0.2) is 35.1 Å². The first kappa shape index (κ1) is 20.8. The molecule has 0 spiro atoms. The first-order chi connectivity index (χ1) is 15.1. The molecule has 1 aromatic carbocycles.